The maximum absolute atomic E-state index is 12.4. The lowest BCUT2D eigenvalue weighted by Crippen LogP contribution is -2.36. The zero-order valence-electron chi connectivity index (χ0n) is 13.4. The normalized spacial score (nSPS) is 18.0. The zero-order chi connectivity index (χ0) is 15.0. The molecule has 0 aromatic carbocycles. The minimum absolute atomic E-state index is 0.201. The molecular weight excluding hydrogens is 264 g/mol. The van der Waals surface area contributed by atoms with Gasteiger partial charge in [0, 0.05) is 36.4 Å². The van der Waals surface area contributed by atoms with Crippen LogP contribution in [-0.4, -0.2) is 39.2 Å². The summed E-state index contributed by atoms with van der Waals surface area (Å²) in [6, 6.07) is 1.18. The predicted molar refractivity (Wildman–Crippen MR) is 82.0 cm³/mol. The number of rotatable bonds is 7. The number of carbonyl (C=O) groups excluding carboxylic acids is 1. The third-order valence-electron chi connectivity index (χ3n) is 4.61. The van der Waals surface area contributed by atoms with Gasteiger partial charge in [0.05, 0.1) is 5.69 Å². The molecule has 0 bridgehead atoms. The van der Waals surface area contributed by atoms with E-state index in [2.05, 4.69) is 24.3 Å². The maximum Gasteiger partial charge on any atom is 0.244 e. The topological polar surface area (TPSA) is 50.2 Å². The predicted octanol–water partition coefficient (Wildman–Crippen LogP) is 1.76. The lowest BCUT2D eigenvalue weighted by atomic mass is 10.2. The molecule has 5 nitrogen and oxygen atoms in total. The molecule has 1 N–H and O–H groups in total. The summed E-state index contributed by atoms with van der Waals surface area (Å²) >= 11 is 0. The van der Waals surface area contributed by atoms with Crippen LogP contribution in [0.25, 0.3) is 0 Å². The largest absolute Gasteiger partial charge is 0.338 e. The number of amides is 1. The molecule has 1 heterocycles. The van der Waals surface area contributed by atoms with Crippen LogP contribution in [0.4, 0.5) is 0 Å². The van der Waals surface area contributed by atoms with E-state index in [0.717, 1.165) is 37.3 Å². The van der Waals surface area contributed by atoms with Crippen molar-refractivity contribution in [2.24, 2.45) is 0 Å². The van der Waals surface area contributed by atoms with E-state index in [1.807, 2.05) is 16.5 Å². The molecule has 5 heteroatoms. The summed E-state index contributed by atoms with van der Waals surface area (Å²) in [6.45, 7) is 8.22. The van der Waals surface area contributed by atoms with E-state index >= 15 is 0 Å². The average molecular weight is 290 g/mol. The Morgan fingerprint density at radius 1 is 1.33 bits per heavy atom. The van der Waals surface area contributed by atoms with Gasteiger partial charge in [0.15, 0.2) is 0 Å². The minimum atomic E-state index is 0.201. The number of nitrogens with zero attached hydrogens (tertiary/aromatic N) is 3. The fourth-order valence-corrected chi connectivity index (χ4v) is 2.92. The van der Waals surface area contributed by atoms with Gasteiger partial charge in [0.1, 0.15) is 6.54 Å². The lowest BCUT2D eigenvalue weighted by Gasteiger charge is -2.20. The highest BCUT2D eigenvalue weighted by molar-refractivity contribution is 5.76. The zero-order valence-corrected chi connectivity index (χ0v) is 13.4. The van der Waals surface area contributed by atoms with E-state index in [0.29, 0.717) is 18.6 Å². The summed E-state index contributed by atoms with van der Waals surface area (Å²) in [6.07, 6.45) is 4.90. The number of likely N-dealkylation sites (N-methyl/N-ethyl adjacent to an activating group) is 1. The highest BCUT2D eigenvalue weighted by atomic mass is 16.2. The van der Waals surface area contributed by atoms with Crippen molar-refractivity contribution in [2.45, 2.75) is 71.6 Å². The molecule has 0 aliphatic heterocycles. The first-order valence-electron chi connectivity index (χ1n) is 8.16. The second-order valence-electron chi connectivity index (χ2n) is 6.37. The fourth-order valence-electron chi connectivity index (χ4n) is 2.92. The van der Waals surface area contributed by atoms with E-state index in [9.17, 15) is 4.79 Å². The van der Waals surface area contributed by atoms with Crippen LogP contribution < -0.4 is 5.32 Å². The van der Waals surface area contributed by atoms with Gasteiger partial charge >= 0.3 is 0 Å². The van der Waals surface area contributed by atoms with Crippen LogP contribution >= 0.6 is 0 Å². The average Bonchev–Trinajstić information content (AvgIpc) is 3.33. The van der Waals surface area contributed by atoms with E-state index in [1.165, 1.54) is 18.4 Å². The first kappa shape index (κ1) is 14.6. The molecule has 116 valence electrons. The molecule has 1 amide bonds. The summed E-state index contributed by atoms with van der Waals surface area (Å²) in [5, 5.41) is 8.11. The number of aromatic nitrogens is 2. The summed E-state index contributed by atoms with van der Waals surface area (Å²) in [5.74, 6) is 0.201. The molecule has 1 aromatic heterocycles. The van der Waals surface area contributed by atoms with Crippen molar-refractivity contribution in [3.8, 4) is 0 Å². The van der Waals surface area contributed by atoms with Crippen molar-refractivity contribution >= 4 is 5.91 Å². The van der Waals surface area contributed by atoms with Crippen LogP contribution in [0.15, 0.2) is 0 Å². The summed E-state index contributed by atoms with van der Waals surface area (Å²) in [4.78, 5) is 14.4. The summed E-state index contributed by atoms with van der Waals surface area (Å²) in [5.41, 5.74) is 3.42. The van der Waals surface area contributed by atoms with Crippen molar-refractivity contribution in [3.05, 3.63) is 17.0 Å². The van der Waals surface area contributed by atoms with Crippen LogP contribution in [0.5, 0.6) is 0 Å². The Morgan fingerprint density at radius 3 is 2.62 bits per heavy atom. The molecule has 1 aromatic rings. The van der Waals surface area contributed by atoms with Gasteiger partial charge in [0.25, 0.3) is 0 Å². The molecule has 2 aliphatic carbocycles. The highest BCUT2D eigenvalue weighted by Crippen LogP contribution is 2.27. The number of carbonyl (C=O) groups is 1. The van der Waals surface area contributed by atoms with Gasteiger partial charge in [-0.15, -0.1) is 0 Å². The second-order valence-corrected chi connectivity index (χ2v) is 6.37. The first-order chi connectivity index (χ1) is 10.1. The molecule has 0 saturated heterocycles. The molecule has 3 rings (SSSR count). The Balaban J connectivity index is 1.66. The molecule has 21 heavy (non-hydrogen) atoms. The van der Waals surface area contributed by atoms with Gasteiger partial charge in [-0.25, -0.2) is 0 Å². The van der Waals surface area contributed by atoms with Gasteiger partial charge in [-0.05, 0) is 46.5 Å². The van der Waals surface area contributed by atoms with E-state index in [-0.39, 0.29) is 5.91 Å². The Hall–Kier alpha value is -1.36. The Morgan fingerprint density at radius 2 is 2.05 bits per heavy atom. The summed E-state index contributed by atoms with van der Waals surface area (Å²) in [7, 11) is 0. The minimum Gasteiger partial charge on any atom is -0.338 e. The lowest BCUT2D eigenvalue weighted by molar-refractivity contribution is -0.132. The molecular formula is C16H26N4O. The number of nitrogens with one attached hydrogen (secondary N) is 1. The van der Waals surface area contributed by atoms with E-state index in [1.54, 1.807) is 0 Å². The molecule has 2 fully saturated rings. The summed E-state index contributed by atoms with van der Waals surface area (Å²) < 4.78 is 1.88. The van der Waals surface area contributed by atoms with Crippen molar-refractivity contribution < 1.29 is 4.79 Å². The third kappa shape index (κ3) is 3.28. The Kier molecular flexibility index (Phi) is 4.02. The van der Waals surface area contributed by atoms with Crippen molar-refractivity contribution in [1.82, 2.24) is 20.0 Å². The second kappa shape index (κ2) is 5.79. The molecule has 2 aliphatic rings. The fraction of sp³-hybridized carbons (Fsp3) is 0.750. The van der Waals surface area contributed by atoms with Crippen molar-refractivity contribution in [2.75, 3.05) is 6.54 Å². The Labute approximate surface area is 126 Å². The van der Waals surface area contributed by atoms with Gasteiger partial charge in [-0.1, -0.05) is 0 Å². The van der Waals surface area contributed by atoms with Gasteiger partial charge in [-0.2, -0.15) is 5.10 Å². The Bertz CT molecular complexity index is 529. The van der Waals surface area contributed by atoms with Crippen LogP contribution in [-0.2, 0) is 17.9 Å². The van der Waals surface area contributed by atoms with Gasteiger partial charge < -0.3 is 10.2 Å². The van der Waals surface area contributed by atoms with Crippen LogP contribution in [0.1, 0.15) is 49.6 Å². The molecule has 0 atom stereocenters. The number of aryl methyl sites for hydroxylation is 1. The van der Waals surface area contributed by atoms with Crippen LogP contribution in [0.3, 0.4) is 0 Å². The third-order valence-corrected chi connectivity index (χ3v) is 4.61. The molecule has 0 unspecified atom stereocenters. The maximum atomic E-state index is 12.4. The van der Waals surface area contributed by atoms with Crippen molar-refractivity contribution in [1.29, 1.82) is 0 Å². The van der Waals surface area contributed by atoms with Crippen molar-refractivity contribution in [3.63, 3.8) is 0 Å². The van der Waals surface area contributed by atoms with E-state index < -0.39 is 0 Å². The molecule has 2 saturated carbocycles. The quantitative estimate of drug-likeness (QED) is 0.832. The number of hydrogen-bond donors (Lipinski definition) is 1. The smallest absolute Gasteiger partial charge is 0.244 e. The molecule has 0 spiro atoms. The van der Waals surface area contributed by atoms with Gasteiger partial charge in [-0.3, -0.25) is 9.48 Å². The molecule has 0 radical (unpaired) electrons. The van der Waals surface area contributed by atoms with Crippen LogP contribution in [0.2, 0.25) is 0 Å². The van der Waals surface area contributed by atoms with Gasteiger partial charge in [0.2, 0.25) is 5.91 Å². The first-order valence-corrected chi connectivity index (χ1v) is 8.16. The highest BCUT2D eigenvalue weighted by Gasteiger charge is 2.31. The SMILES string of the molecule is CCN(C(=O)Cn1nc(C)c(CNC2CC2)c1C)C1CC1. The van der Waals surface area contributed by atoms with E-state index in [4.69, 9.17) is 0 Å². The number of hydrogen-bond acceptors (Lipinski definition) is 3. The van der Waals surface area contributed by atoms with Crippen LogP contribution in [0, 0.1) is 13.8 Å². The standard InChI is InChI=1S/C16H26N4O/c1-4-19(14-7-8-14)16(21)10-20-12(3)15(11(2)18-20)9-17-13-5-6-13/h13-14,17H,4-10H2,1-3H3. The monoisotopic (exact) mass is 290 g/mol.